The summed E-state index contributed by atoms with van der Waals surface area (Å²) in [5.74, 6) is -0.391. The number of fused-ring (bicyclic) bond motifs is 1. The summed E-state index contributed by atoms with van der Waals surface area (Å²) in [6.45, 7) is 7.05. The van der Waals surface area contributed by atoms with Crippen molar-refractivity contribution in [2.45, 2.75) is 134 Å². The first kappa shape index (κ1) is 36.0. The molecule has 6 atom stereocenters. The Hall–Kier alpha value is -3.31. The van der Waals surface area contributed by atoms with Crippen LogP contribution in [0, 0.1) is 5.92 Å². The van der Waals surface area contributed by atoms with Gasteiger partial charge in [0.05, 0.1) is 24.9 Å². The molecule has 2 aromatic rings. The van der Waals surface area contributed by atoms with Gasteiger partial charge in [-0.15, -0.1) is 0 Å². The van der Waals surface area contributed by atoms with Crippen molar-refractivity contribution in [3.8, 4) is 0 Å². The third-order valence-electron chi connectivity index (χ3n) is 9.87. The Morgan fingerprint density at radius 3 is 2.25 bits per heavy atom. The quantitative estimate of drug-likeness (QED) is 0.233. The summed E-state index contributed by atoms with van der Waals surface area (Å²) < 4.78 is 13.3. The van der Waals surface area contributed by atoms with Gasteiger partial charge in [-0.25, -0.2) is 0 Å². The van der Waals surface area contributed by atoms with Crippen molar-refractivity contribution in [1.29, 1.82) is 0 Å². The Morgan fingerprint density at radius 1 is 0.875 bits per heavy atom. The molecule has 4 N–H and O–H groups in total. The van der Waals surface area contributed by atoms with E-state index in [0.29, 0.717) is 37.9 Å². The van der Waals surface area contributed by atoms with Crippen molar-refractivity contribution >= 4 is 17.8 Å². The predicted molar refractivity (Wildman–Crippen MR) is 182 cm³/mol. The molecule has 1 aliphatic carbocycles. The van der Waals surface area contributed by atoms with Gasteiger partial charge in [0.2, 0.25) is 11.8 Å². The molecule has 10 nitrogen and oxygen atoms in total. The fourth-order valence-electron chi connectivity index (χ4n) is 7.48. The maximum absolute atomic E-state index is 13.7. The van der Waals surface area contributed by atoms with E-state index in [-0.39, 0.29) is 55.1 Å². The number of aliphatic hydroxyl groups is 1. The van der Waals surface area contributed by atoms with Crippen molar-refractivity contribution in [2.24, 2.45) is 5.92 Å². The van der Waals surface area contributed by atoms with E-state index < -0.39 is 12.3 Å². The van der Waals surface area contributed by atoms with Gasteiger partial charge in [0.25, 0.3) is 0 Å². The van der Waals surface area contributed by atoms with Crippen LogP contribution in [-0.4, -0.2) is 63.2 Å². The Labute approximate surface area is 284 Å². The normalized spacial score (nSPS) is 26.3. The molecule has 3 aliphatic rings. The Morgan fingerprint density at radius 2 is 1.56 bits per heavy atom. The molecule has 2 amide bonds. The van der Waals surface area contributed by atoms with Crippen LogP contribution in [0.15, 0.2) is 48.5 Å². The molecule has 2 aliphatic heterocycles. The molecule has 262 valence electrons. The van der Waals surface area contributed by atoms with Crippen LogP contribution in [0.25, 0.3) is 0 Å². The number of carboxylic acid groups (broad SMARTS) is 1. The first-order chi connectivity index (χ1) is 23.0. The van der Waals surface area contributed by atoms with E-state index in [9.17, 15) is 19.5 Å². The maximum Gasteiger partial charge on any atom is 0.303 e. The van der Waals surface area contributed by atoms with Gasteiger partial charge in [0.1, 0.15) is 0 Å². The molecule has 2 heterocycles. The zero-order valence-electron chi connectivity index (χ0n) is 28.7. The second kappa shape index (κ2) is 16.4. The van der Waals surface area contributed by atoms with Crippen LogP contribution < -0.4 is 10.6 Å². The lowest BCUT2D eigenvalue weighted by atomic mass is 9.75. The number of hydrogen-bond acceptors (Lipinski definition) is 7. The summed E-state index contributed by atoms with van der Waals surface area (Å²) >= 11 is 0. The second-order valence-electron chi connectivity index (χ2n) is 14.8. The monoisotopic (exact) mass is 663 g/mol. The first-order valence-corrected chi connectivity index (χ1v) is 17.6. The number of aliphatic carboxylic acids is 1. The van der Waals surface area contributed by atoms with Gasteiger partial charge in [0.15, 0.2) is 6.29 Å². The van der Waals surface area contributed by atoms with Crippen LogP contribution in [0.4, 0.5) is 0 Å². The van der Waals surface area contributed by atoms with Crippen molar-refractivity contribution in [3.63, 3.8) is 0 Å². The fraction of sp³-hybridized carbons (Fsp3) is 0.605. The molecule has 2 aromatic carbocycles. The van der Waals surface area contributed by atoms with Crippen LogP contribution in [0.2, 0.25) is 0 Å². The highest BCUT2D eigenvalue weighted by Gasteiger charge is 2.44. The number of rotatable bonds is 12. The summed E-state index contributed by atoms with van der Waals surface area (Å²) in [5.41, 5.74) is 3.33. The number of nitrogens with one attached hydrogen (secondary N) is 2. The van der Waals surface area contributed by atoms with E-state index in [4.69, 9.17) is 14.6 Å². The number of carboxylic acids is 1. The molecule has 6 unspecified atom stereocenters. The minimum atomic E-state index is -0.905. The minimum Gasteiger partial charge on any atom is -0.481 e. The van der Waals surface area contributed by atoms with Gasteiger partial charge in [-0.3, -0.25) is 19.3 Å². The van der Waals surface area contributed by atoms with Crippen molar-refractivity contribution < 1.29 is 34.1 Å². The average molecular weight is 664 g/mol. The molecule has 0 spiro atoms. The number of likely N-dealkylation sites (tertiary alicyclic amines) is 1. The molecule has 0 radical (unpaired) electrons. The molecular formula is C38H53N3O7. The molecule has 3 fully saturated rings. The molecular weight excluding hydrogens is 610 g/mol. The highest BCUT2D eigenvalue weighted by molar-refractivity contribution is 5.82. The number of amides is 2. The highest BCUT2D eigenvalue weighted by atomic mass is 16.7. The minimum absolute atomic E-state index is 0.0230. The number of benzene rings is 2. The van der Waals surface area contributed by atoms with Crippen molar-refractivity contribution in [1.82, 2.24) is 15.5 Å². The van der Waals surface area contributed by atoms with Crippen molar-refractivity contribution in [3.05, 3.63) is 70.8 Å². The summed E-state index contributed by atoms with van der Waals surface area (Å²) in [6.07, 6.45) is 6.72. The summed E-state index contributed by atoms with van der Waals surface area (Å²) in [6, 6.07) is 15.8. The Kier molecular flexibility index (Phi) is 12.3. The standard InChI is InChI=1S/C38H53N3O7/c1-38(2,3)40-36(46)32-20-19-27-7-4-5-8-31(27)41(32)23-30-21-33(28-15-13-26(24-42)14-16-28)48-37(47-30)29-17-11-25(12-18-29)22-39-34(43)9-6-10-35(44)45/h11-18,27,30-33,37,42H,4-10,19-24H2,1-3H3,(H,39,43)(H,40,46)(H,44,45). The summed E-state index contributed by atoms with van der Waals surface area (Å²) in [7, 11) is 0. The lowest BCUT2D eigenvalue weighted by Gasteiger charge is -2.50. The van der Waals surface area contributed by atoms with E-state index in [0.717, 1.165) is 41.5 Å². The molecule has 2 saturated heterocycles. The molecule has 0 aromatic heterocycles. The average Bonchev–Trinajstić information content (AvgIpc) is 3.06. The number of ether oxygens (including phenoxy) is 2. The number of nitrogens with zero attached hydrogens (tertiary/aromatic N) is 1. The van der Waals surface area contributed by atoms with Gasteiger partial charge in [0, 0.05) is 49.5 Å². The van der Waals surface area contributed by atoms with E-state index >= 15 is 0 Å². The number of carbonyl (C=O) groups is 3. The zero-order valence-corrected chi connectivity index (χ0v) is 28.7. The number of aliphatic hydroxyl groups excluding tert-OH is 1. The van der Waals surface area contributed by atoms with Crippen LogP contribution in [0.3, 0.4) is 0 Å². The van der Waals surface area contributed by atoms with E-state index in [2.05, 4.69) is 15.5 Å². The van der Waals surface area contributed by atoms with Crippen LogP contribution in [0.1, 0.15) is 120 Å². The third-order valence-corrected chi connectivity index (χ3v) is 9.87. The fourth-order valence-corrected chi connectivity index (χ4v) is 7.48. The van der Waals surface area contributed by atoms with Gasteiger partial charge in [-0.1, -0.05) is 61.4 Å². The van der Waals surface area contributed by atoms with Crippen LogP contribution in [0.5, 0.6) is 0 Å². The number of carbonyl (C=O) groups excluding carboxylic acids is 2. The Bertz CT molecular complexity index is 1370. The molecule has 1 saturated carbocycles. The van der Waals surface area contributed by atoms with E-state index in [1.807, 2.05) is 69.3 Å². The van der Waals surface area contributed by atoms with Crippen molar-refractivity contribution in [2.75, 3.05) is 6.54 Å². The maximum atomic E-state index is 13.7. The zero-order chi connectivity index (χ0) is 34.3. The van der Waals surface area contributed by atoms with Gasteiger partial charge in [-0.2, -0.15) is 0 Å². The summed E-state index contributed by atoms with van der Waals surface area (Å²) in [4.78, 5) is 39.0. The Balaban J connectivity index is 1.33. The smallest absolute Gasteiger partial charge is 0.303 e. The summed E-state index contributed by atoms with van der Waals surface area (Å²) in [5, 5.41) is 24.5. The molecule has 48 heavy (non-hydrogen) atoms. The van der Waals surface area contributed by atoms with E-state index in [1.54, 1.807) is 0 Å². The second-order valence-corrected chi connectivity index (χ2v) is 14.8. The number of hydrogen-bond donors (Lipinski definition) is 4. The SMILES string of the molecule is CC(C)(C)NC(=O)C1CCC2CCCCC2N1CC1CC(c2ccc(CO)cc2)OC(c2ccc(CNC(=O)CCCC(=O)O)cc2)O1. The highest BCUT2D eigenvalue weighted by Crippen LogP contribution is 2.42. The van der Waals surface area contributed by atoms with Crippen LogP contribution >= 0.6 is 0 Å². The van der Waals surface area contributed by atoms with Gasteiger partial charge in [-0.05, 0) is 75.5 Å². The largest absolute Gasteiger partial charge is 0.481 e. The third kappa shape index (κ3) is 9.87. The predicted octanol–water partition coefficient (Wildman–Crippen LogP) is 5.53. The molecule has 5 rings (SSSR count). The van der Waals surface area contributed by atoms with E-state index in [1.165, 1.54) is 19.3 Å². The first-order valence-electron chi connectivity index (χ1n) is 17.6. The topological polar surface area (TPSA) is 137 Å². The molecule has 0 bridgehead atoms. The number of piperidine rings is 1. The van der Waals surface area contributed by atoms with Gasteiger partial charge < -0.3 is 30.3 Å². The van der Waals surface area contributed by atoms with Gasteiger partial charge >= 0.3 is 5.97 Å². The molecule has 10 heteroatoms. The lowest BCUT2D eigenvalue weighted by Crippen LogP contribution is -2.61. The van der Waals surface area contributed by atoms with Crippen LogP contribution in [-0.2, 0) is 37.0 Å². The lowest BCUT2D eigenvalue weighted by molar-refractivity contribution is -0.255.